The second-order valence-electron chi connectivity index (χ2n) is 1.83. The maximum absolute atomic E-state index is 8.77. The largest absolute Gasteiger partial charge is 0.393 e. The molecule has 0 amide bonds. The Labute approximate surface area is 55.5 Å². The Kier molecular flexibility index (Phi) is 5.66. The Balaban J connectivity index is 2.72. The molecule has 0 aliphatic rings. The Morgan fingerprint density at radius 2 is 2.25 bits per heavy atom. The van der Waals surface area contributed by atoms with E-state index in [2.05, 4.69) is 6.92 Å². The fourth-order valence-electron chi connectivity index (χ4n) is 0.398. The van der Waals surface area contributed by atoms with Crippen LogP contribution in [0.2, 0.25) is 0 Å². The van der Waals surface area contributed by atoms with Crippen molar-refractivity contribution in [3.63, 3.8) is 0 Å². The molecule has 2 heteroatoms. The van der Waals surface area contributed by atoms with E-state index in [0.717, 1.165) is 17.9 Å². The van der Waals surface area contributed by atoms with Crippen molar-refractivity contribution < 1.29 is 5.11 Å². The number of thioether (sulfide) groups is 1. The quantitative estimate of drug-likeness (QED) is 0.588. The van der Waals surface area contributed by atoms with Crippen molar-refractivity contribution in [2.75, 3.05) is 11.5 Å². The predicted molar refractivity (Wildman–Crippen MR) is 39.3 cm³/mol. The van der Waals surface area contributed by atoms with E-state index < -0.39 is 0 Å². The van der Waals surface area contributed by atoms with Crippen LogP contribution in [0.5, 0.6) is 0 Å². The number of aliphatic hydroxyl groups is 1. The first-order valence-electron chi connectivity index (χ1n) is 3.03. The van der Waals surface area contributed by atoms with Gasteiger partial charge in [0.15, 0.2) is 0 Å². The number of rotatable bonds is 4. The molecule has 0 rings (SSSR count). The predicted octanol–water partition coefficient (Wildman–Crippen LogP) is 1.51. The summed E-state index contributed by atoms with van der Waals surface area (Å²) < 4.78 is 0. The van der Waals surface area contributed by atoms with Gasteiger partial charge < -0.3 is 5.11 Å². The van der Waals surface area contributed by atoms with Gasteiger partial charge in [-0.05, 0) is 24.9 Å². The molecule has 0 heterocycles. The summed E-state index contributed by atoms with van der Waals surface area (Å²) in [7, 11) is 0. The summed E-state index contributed by atoms with van der Waals surface area (Å²) in [6.07, 6.45) is 0.812. The van der Waals surface area contributed by atoms with Crippen molar-refractivity contribution in [3.8, 4) is 0 Å². The van der Waals surface area contributed by atoms with Crippen LogP contribution in [0.4, 0.5) is 0 Å². The van der Waals surface area contributed by atoms with Crippen LogP contribution in [0.15, 0.2) is 0 Å². The summed E-state index contributed by atoms with van der Waals surface area (Å²) in [5.74, 6) is 2.25. The Morgan fingerprint density at radius 1 is 1.62 bits per heavy atom. The van der Waals surface area contributed by atoms with Gasteiger partial charge in [-0.2, -0.15) is 11.8 Å². The zero-order valence-corrected chi connectivity index (χ0v) is 6.37. The molecule has 0 fully saturated rings. The average Bonchev–Trinajstić information content (AvgIpc) is 1.66. The fourth-order valence-corrected chi connectivity index (χ4v) is 1.19. The molecule has 0 aromatic carbocycles. The smallest absolute Gasteiger partial charge is 0.0520 e. The summed E-state index contributed by atoms with van der Waals surface area (Å²) >= 11 is 1.88. The van der Waals surface area contributed by atoms with Gasteiger partial charge in [-0.15, -0.1) is 0 Å². The van der Waals surface area contributed by atoms with Gasteiger partial charge in [0, 0.05) is 0 Å². The molecule has 1 atom stereocenters. The van der Waals surface area contributed by atoms with Crippen molar-refractivity contribution >= 4 is 11.8 Å². The molecule has 1 N–H and O–H groups in total. The molecule has 0 unspecified atom stereocenters. The second-order valence-corrected chi connectivity index (χ2v) is 3.23. The third kappa shape index (κ3) is 6.31. The van der Waals surface area contributed by atoms with Crippen LogP contribution in [-0.2, 0) is 0 Å². The van der Waals surface area contributed by atoms with Crippen LogP contribution in [0, 0.1) is 0 Å². The molecule has 8 heavy (non-hydrogen) atoms. The Bertz CT molecular complexity index is 45.8. The Hall–Kier alpha value is 0.310. The van der Waals surface area contributed by atoms with Crippen LogP contribution in [0.1, 0.15) is 20.3 Å². The highest BCUT2D eigenvalue weighted by molar-refractivity contribution is 7.99. The molecule has 0 spiro atoms. The lowest BCUT2D eigenvalue weighted by Crippen LogP contribution is -2.00. The van der Waals surface area contributed by atoms with Crippen molar-refractivity contribution in [1.29, 1.82) is 0 Å². The lowest BCUT2D eigenvalue weighted by atomic mass is 10.3. The molecule has 0 saturated carbocycles. The third-order valence-electron chi connectivity index (χ3n) is 0.884. The van der Waals surface area contributed by atoms with Crippen LogP contribution in [-0.4, -0.2) is 22.7 Å². The summed E-state index contributed by atoms with van der Waals surface area (Å²) in [6, 6.07) is 0. The van der Waals surface area contributed by atoms with Gasteiger partial charge in [0.25, 0.3) is 0 Å². The maximum Gasteiger partial charge on any atom is 0.0520 e. The molecule has 0 aliphatic heterocycles. The van der Waals surface area contributed by atoms with E-state index in [9.17, 15) is 0 Å². The van der Waals surface area contributed by atoms with E-state index >= 15 is 0 Å². The first-order valence-corrected chi connectivity index (χ1v) is 4.18. The molecule has 50 valence electrons. The average molecular weight is 134 g/mol. The molecular formula is C6H14OS. The number of hydrogen-bond acceptors (Lipinski definition) is 2. The van der Waals surface area contributed by atoms with E-state index in [4.69, 9.17) is 5.11 Å². The van der Waals surface area contributed by atoms with Gasteiger partial charge in [-0.1, -0.05) is 6.92 Å². The van der Waals surface area contributed by atoms with Crippen molar-refractivity contribution in [1.82, 2.24) is 0 Å². The van der Waals surface area contributed by atoms with E-state index in [1.54, 1.807) is 0 Å². The minimum Gasteiger partial charge on any atom is -0.393 e. The van der Waals surface area contributed by atoms with E-state index in [1.165, 1.54) is 0 Å². The minimum absolute atomic E-state index is 0.117. The molecule has 0 bridgehead atoms. The highest BCUT2D eigenvalue weighted by Crippen LogP contribution is 2.02. The zero-order valence-electron chi connectivity index (χ0n) is 5.55. The van der Waals surface area contributed by atoms with Crippen molar-refractivity contribution in [2.45, 2.75) is 26.4 Å². The van der Waals surface area contributed by atoms with Crippen LogP contribution >= 0.6 is 11.8 Å². The molecule has 1 nitrogen and oxygen atoms in total. The van der Waals surface area contributed by atoms with Gasteiger partial charge >= 0.3 is 0 Å². The fraction of sp³-hybridized carbons (Fsp3) is 1.00. The standard InChI is InChI=1S/C6H14OS/c1-3-8-5-4-6(2)7/h6-7H,3-5H2,1-2H3/t6-/m0/s1. The highest BCUT2D eigenvalue weighted by atomic mass is 32.2. The minimum atomic E-state index is -0.117. The van der Waals surface area contributed by atoms with E-state index in [1.807, 2.05) is 18.7 Å². The molecule has 0 radical (unpaired) electrons. The van der Waals surface area contributed by atoms with Gasteiger partial charge in [0.2, 0.25) is 0 Å². The van der Waals surface area contributed by atoms with Crippen LogP contribution in [0.25, 0.3) is 0 Å². The number of hydrogen-bond donors (Lipinski definition) is 1. The monoisotopic (exact) mass is 134 g/mol. The maximum atomic E-state index is 8.77. The summed E-state index contributed by atoms with van der Waals surface area (Å²) in [6.45, 7) is 3.96. The third-order valence-corrected chi connectivity index (χ3v) is 1.82. The lowest BCUT2D eigenvalue weighted by Gasteiger charge is -2.00. The first kappa shape index (κ1) is 8.31. The normalized spacial score (nSPS) is 13.9. The molecule has 0 saturated heterocycles. The zero-order chi connectivity index (χ0) is 6.41. The molecular weight excluding hydrogens is 120 g/mol. The molecule has 0 aliphatic carbocycles. The molecule has 0 aromatic rings. The van der Waals surface area contributed by atoms with Gasteiger partial charge in [0.05, 0.1) is 6.10 Å². The lowest BCUT2D eigenvalue weighted by molar-refractivity contribution is 0.192. The van der Waals surface area contributed by atoms with Gasteiger partial charge in [0.1, 0.15) is 0 Å². The summed E-state index contributed by atoms with van der Waals surface area (Å²) in [5.41, 5.74) is 0. The van der Waals surface area contributed by atoms with Crippen LogP contribution < -0.4 is 0 Å². The van der Waals surface area contributed by atoms with Crippen molar-refractivity contribution in [2.24, 2.45) is 0 Å². The highest BCUT2D eigenvalue weighted by Gasteiger charge is 1.92. The van der Waals surface area contributed by atoms with Gasteiger partial charge in [-0.3, -0.25) is 0 Å². The number of aliphatic hydroxyl groups excluding tert-OH is 1. The SMILES string of the molecule is CCSCC[C@H](C)O. The topological polar surface area (TPSA) is 20.2 Å². The van der Waals surface area contributed by atoms with E-state index in [-0.39, 0.29) is 6.10 Å². The first-order chi connectivity index (χ1) is 3.77. The van der Waals surface area contributed by atoms with E-state index in [0.29, 0.717) is 0 Å². The second kappa shape index (κ2) is 5.45. The van der Waals surface area contributed by atoms with Crippen LogP contribution in [0.3, 0.4) is 0 Å². The van der Waals surface area contributed by atoms with Gasteiger partial charge in [-0.25, -0.2) is 0 Å². The summed E-state index contributed by atoms with van der Waals surface area (Å²) in [4.78, 5) is 0. The Morgan fingerprint density at radius 3 is 2.62 bits per heavy atom. The summed E-state index contributed by atoms with van der Waals surface area (Å²) in [5, 5.41) is 8.77. The molecule has 0 aromatic heterocycles. The van der Waals surface area contributed by atoms with Crippen molar-refractivity contribution in [3.05, 3.63) is 0 Å².